The molecule has 0 radical (unpaired) electrons. The highest BCUT2D eigenvalue weighted by Crippen LogP contribution is 2.28. The van der Waals surface area contributed by atoms with Crippen LogP contribution in [-0.4, -0.2) is 35.6 Å². The minimum absolute atomic E-state index is 0.789. The molecule has 76 valence electrons. The highest BCUT2D eigenvalue weighted by atomic mass is 32.1. The number of fused-ring (bicyclic) bond motifs is 1. The molecule has 1 N–H and O–H groups in total. The number of nitrogens with zero attached hydrogens (tertiary/aromatic N) is 2. The number of nitrogens with one attached hydrogen (secondary N) is 1. The van der Waals surface area contributed by atoms with Crippen LogP contribution in [0.4, 0.5) is 0 Å². The molecule has 14 heavy (non-hydrogen) atoms. The Hall–Kier alpha value is -0.450. The first-order valence-electron chi connectivity index (χ1n) is 5.25. The van der Waals surface area contributed by atoms with E-state index in [9.17, 15) is 0 Å². The molecule has 2 saturated heterocycles. The first-order chi connectivity index (χ1) is 6.93. The van der Waals surface area contributed by atoms with Gasteiger partial charge in [0.1, 0.15) is 0 Å². The second-order valence-corrected chi connectivity index (χ2v) is 5.18. The van der Waals surface area contributed by atoms with Crippen molar-refractivity contribution < 1.29 is 0 Å². The van der Waals surface area contributed by atoms with Gasteiger partial charge in [0.15, 0.2) is 0 Å². The van der Waals surface area contributed by atoms with Crippen molar-refractivity contribution in [2.75, 3.05) is 19.6 Å². The van der Waals surface area contributed by atoms with Crippen LogP contribution < -0.4 is 5.32 Å². The lowest BCUT2D eigenvalue weighted by atomic mass is 10.1. The molecule has 2 atom stereocenters. The fourth-order valence-electron chi connectivity index (χ4n) is 2.66. The Bertz CT molecular complexity index is 298. The van der Waals surface area contributed by atoms with E-state index in [1.165, 1.54) is 30.9 Å². The smallest absolute Gasteiger partial charge is 0.0794 e. The molecule has 0 spiro atoms. The molecule has 3 nitrogen and oxygen atoms in total. The van der Waals surface area contributed by atoms with Crippen molar-refractivity contribution in [1.82, 2.24) is 15.2 Å². The minimum atomic E-state index is 0.789. The third-order valence-corrected chi connectivity index (χ3v) is 4.17. The summed E-state index contributed by atoms with van der Waals surface area (Å²) >= 11 is 1.77. The Morgan fingerprint density at radius 2 is 2.57 bits per heavy atom. The molecule has 0 unspecified atom stereocenters. The molecule has 0 saturated carbocycles. The van der Waals surface area contributed by atoms with E-state index in [1.807, 2.05) is 11.7 Å². The summed E-state index contributed by atoms with van der Waals surface area (Å²) in [5.41, 5.74) is 1.93. The van der Waals surface area contributed by atoms with E-state index in [-0.39, 0.29) is 0 Å². The maximum atomic E-state index is 4.13. The summed E-state index contributed by atoms with van der Waals surface area (Å²) in [4.78, 5) is 8.14. The van der Waals surface area contributed by atoms with E-state index in [2.05, 4.69) is 15.2 Å². The number of likely N-dealkylation sites (tertiary alicyclic amines) is 1. The Morgan fingerprint density at radius 3 is 3.43 bits per heavy atom. The first kappa shape index (κ1) is 8.83. The second-order valence-electron chi connectivity index (χ2n) is 4.21. The van der Waals surface area contributed by atoms with Crippen LogP contribution in [0, 0.1) is 5.92 Å². The molecule has 4 heteroatoms. The molecule has 0 bridgehead atoms. The van der Waals surface area contributed by atoms with Crippen LogP contribution in [0.3, 0.4) is 0 Å². The standard InChI is InChI=1S/C10H15N3S/c1-2-13(6-9-4-12-7-14-9)10-5-11-3-8(1)10/h4,7-8,10-11H,1-3,5-6H2/t8-,10+/m1/s1. The molecule has 0 aliphatic carbocycles. The SMILES string of the molecule is c1ncc(CN2CC[C@@H]3CNC[C@@H]32)s1. The van der Waals surface area contributed by atoms with E-state index >= 15 is 0 Å². The van der Waals surface area contributed by atoms with Gasteiger partial charge >= 0.3 is 0 Å². The van der Waals surface area contributed by atoms with Gasteiger partial charge in [-0.2, -0.15) is 0 Å². The largest absolute Gasteiger partial charge is 0.315 e. The molecule has 2 aliphatic rings. The monoisotopic (exact) mass is 209 g/mol. The van der Waals surface area contributed by atoms with Crippen molar-refractivity contribution in [3.63, 3.8) is 0 Å². The molecule has 1 aromatic rings. The first-order valence-corrected chi connectivity index (χ1v) is 6.13. The lowest BCUT2D eigenvalue weighted by Gasteiger charge is -2.21. The van der Waals surface area contributed by atoms with E-state index in [0.717, 1.165) is 18.5 Å². The molecule has 0 amide bonds. The van der Waals surface area contributed by atoms with Crippen molar-refractivity contribution in [3.8, 4) is 0 Å². The van der Waals surface area contributed by atoms with Gasteiger partial charge in [-0.15, -0.1) is 11.3 Å². The van der Waals surface area contributed by atoms with Crippen molar-refractivity contribution in [2.45, 2.75) is 19.0 Å². The summed E-state index contributed by atoms with van der Waals surface area (Å²) in [6.07, 6.45) is 3.37. The van der Waals surface area contributed by atoms with Crippen molar-refractivity contribution >= 4 is 11.3 Å². The molecule has 3 rings (SSSR count). The molecular weight excluding hydrogens is 194 g/mol. The Kier molecular flexibility index (Phi) is 2.27. The number of rotatable bonds is 2. The molecule has 1 aromatic heterocycles. The number of thiazole rings is 1. The number of hydrogen-bond donors (Lipinski definition) is 1. The highest BCUT2D eigenvalue weighted by Gasteiger charge is 2.37. The van der Waals surface area contributed by atoms with Crippen molar-refractivity contribution in [2.24, 2.45) is 5.92 Å². The van der Waals surface area contributed by atoms with Gasteiger partial charge in [0.25, 0.3) is 0 Å². The summed E-state index contributed by atoms with van der Waals surface area (Å²) in [7, 11) is 0. The molecule has 3 heterocycles. The van der Waals surface area contributed by atoms with Crippen molar-refractivity contribution in [3.05, 3.63) is 16.6 Å². The highest BCUT2D eigenvalue weighted by molar-refractivity contribution is 7.09. The summed E-state index contributed by atoms with van der Waals surface area (Å²) in [6.45, 7) is 4.79. The van der Waals surface area contributed by atoms with Gasteiger partial charge in [-0.3, -0.25) is 9.88 Å². The summed E-state index contributed by atoms with van der Waals surface area (Å²) < 4.78 is 0. The van der Waals surface area contributed by atoms with Crippen molar-refractivity contribution in [1.29, 1.82) is 0 Å². The lowest BCUT2D eigenvalue weighted by Crippen LogP contribution is -2.33. The minimum Gasteiger partial charge on any atom is -0.315 e. The third-order valence-electron chi connectivity index (χ3n) is 3.40. The fourth-order valence-corrected chi connectivity index (χ4v) is 3.27. The van der Waals surface area contributed by atoms with Gasteiger partial charge in [0, 0.05) is 30.2 Å². The van der Waals surface area contributed by atoms with Gasteiger partial charge in [0.2, 0.25) is 0 Å². The van der Waals surface area contributed by atoms with Crippen LogP contribution in [0.25, 0.3) is 0 Å². The summed E-state index contributed by atoms with van der Waals surface area (Å²) in [6, 6.07) is 0.789. The Labute approximate surface area is 88.1 Å². The molecule has 2 aliphatic heterocycles. The zero-order valence-corrected chi connectivity index (χ0v) is 8.96. The molecular formula is C10H15N3S. The Balaban J connectivity index is 1.68. The van der Waals surface area contributed by atoms with Crippen LogP contribution in [0.5, 0.6) is 0 Å². The van der Waals surface area contributed by atoms with E-state index < -0.39 is 0 Å². The third kappa shape index (κ3) is 1.47. The van der Waals surface area contributed by atoms with E-state index in [4.69, 9.17) is 0 Å². The number of aromatic nitrogens is 1. The predicted octanol–water partition coefficient (Wildman–Crippen LogP) is 0.937. The average Bonchev–Trinajstić information content (AvgIpc) is 2.85. The topological polar surface area (TPSA) is 28.2 Å². The Morgan fingerprint density at radius 1 is 1.57 bits per heavy atom. The van der Waals surface area contributed by atoms with Crippen LogP contribution >= 0.6 is 11.3 Å². The normalized spacial score (nSPS) is 32.3. The van der Waals surface area contributed by atoms with Gasteiger partial charge in [0.05, 0.1) is 5.51 Å². The average molecular weight is 209 g/mol. The second kappa shape index (κ2) is 3.61. The van der Waals surface area contributed by atoms with Crippen LogP contribution in [0.1, 0.15) is 11.3 Å². The maximum absolute atomic E-state index is 4.13. The summed E-state index contributed by atoms with van der Waals surface area (Å²) in [5.74, 6) is 0.905. The van der Waals surface area contributed by atoms with Crippen LogP contribution in [0.2, 0.25) is 0 Å². The number of hydrogen-bond acceptors (Lipinski definition) is 4. The van der Waals surface area contributed by atoms with Gasteiger partial charge < -0.3 is 5.32 Å². The van der Waals surface area contributed by atoms with Gasteiger partial charge in [-0.25, -0.2) is 0 Å². The molecule has 0 aromatic carbocycles. The quantitative estimate of drug-likeness (QED) is 0.785. The van der Waals surface area contributed by atoms with Crippen LogP contribution in [-0.2, 0) is 6.54 Å². The zero-order valence-electron chi connectivity index (χ0n) is 8.15. The zero-order chi connectivity index (χ0) is 9.38. The molecule has 2 fully saturated rings. The van der Waals surface area contributed by atoms with Gasteiger partial charge in [-0.05, 0) is 25.4 Å². The fraction of sp³-hybridized carbons (Fsp3) is 0.700. The van der Waals surface area contributed by atoms with Gasteiger partial charge in [-0.1, -0.05) is 0 Å². The van der Waals surface area contributed by atoms with Crippen LogP contribution in [0.15, 0.2) is 11.7 Å². The summed E-state index contributed by atoms with van der Waals surface area (Å²) in [5, 5.41) is 3.48. The van der Waals surface area contributed by atoms with E-state index in [1.54, 1.807) is 11.3 Å². The maximum Gasteiger partial charge on any atom is 0.0794 e. The lowest BCUT2D eigenvalue weighted by molar-refractivity contribution is 0.246. The predicted molar refractivity (Wildman–Crippen MR) is 57.3 cm³/mol. The van der Waals surface area contributed by atoms with E-state index in [0.29, 0.717) is 0 Å².